The van der Waals surface area contributed by atoms with Crippen LogP contribution in [-0.4, -0.2) is 38.0 Å². The summed E-state index contributed by atoms with van der Waals surface area (Å²) in [5, 5.41) is 3.83. The third-order valence-corrected chi connectivity index (χ3v) is 4.15. The van der Waals surface area contributed by atoms with Crippen molar-refractivity contribution in [3.05, 3.63) is 0 Å². The number of ether oxygens (including phenoxy) is 2. The van der Waals surface area contributed by atoms with Gasteiger partial charge >= 0.3 is 0 Å². The molecule has 2 rings (SSSR count). The minimum atomic E-state index is 0.288. The Morgan fingerprint density at radius 3 is 2.25 bits per heavy atom. The smallest absolute Gasteiger partial charge is 0.0483 e. The highest BCUT2D eigenvalue weighted by molar-refractivity contribution is 4.89. The van der Waals surface area contributed by atoms with Gasteiger partial charge in [0.2, 0.25) is 0 Å². The van der Waals surface area contributed by atoms with Gasteiger partial charge in [0, 0.05) is 38.0 Å². The number of hydrogen-bond acceptors (Lipinski definition) is 3. The molecule has 2 saturated heterocycles. The zero-order chi connectivity index (χ0) is 11.4. The molecule has 0 spiro atoms. The van der Waals surface area contributed by atoms with E-state index in [1.807, 2.05) is 0 Å². The molecule has 0 saturated carbocycles. The van der Waals surface area contributed by atoms with Crippen LogP contribution in [0.2, 0.25) is 0 Å². The molecule has 2 aliphatic heterocycles. The average molecular weight is 227 g/mol. The lowest BCUT2D eigenvalue weighted by atomic mass is 9.87. The van der Waals surface area contributed by atoms with Crippen molar-refractivity contribution in [1.29, 1.82) is 0 Å². The molecule has 2 heterocycles. The highest BCUT2D eigenvalue weighted by Gasteiger charge is 2.31. The summed E-state index contributed by atoms with van der Waals surface area (Å²) < 4.78 is 10.8. The molecule has 0 radical (unpaired) electrons. The van der Waals surface area contributed by atoms with Crippen LogP contribution in [0.15, 0.2) is 0 Å². The molecule has 16 heavy (non-hydrogen) atoms. The SMILES string of the molecule is CC(NC1(C)CCOCC1)C1CCOCC1. The molecule has 94 valence electrons. The average Bonchev–Trinajstić information content (AvgIpc) is 2.30. The van der Waals surface area contributed by atoms with Gasteiger partial charge in [-0.1, -0.05) is 0 Å². The summed E-state index contributed by atoms with van der Waals surface area (Å²) in [6.45, 7) is 8.36. The first kappa shape index (κ1) is 12.3. The van der Waals surface area contributed by atoms with Crippen molar-refractivity contribution in [3.8, 4) is 0 Å². The van der Waals surface area contributed by atoms with E-state index in [1.54, 1.807) is 0 Å². The Bertz CT molecular complexity index is 208. The van der Waals surface area contributed by atoms with Gasteiger partial charge in [-0.05, 0) is 45.4 Å². The van der Waals surface area contributed by atoms with Crippen LogP contribution in [0.3, 0.4) is 0 Å². The predicted molar refractivity (Wildman–Crippen MR) is 64.6 cm³/mol. The molecule has 1 N–H and O–H groups in total. The maximum absolute atomic E-state index is 5.43. The van der Waals surface area contributed by atoms with E-state index in [0.29, 0.717) is 6.04 Å². The third kappa shape index (κ3) is 3.19. The minimum Gasteiger partial charge on any atom is -0.381 e. The van der Waals surface area contributed by atoms with Crippen LogP contribution in [0.4, 0.5) is 0 Å². The summed E-state index contributed by atoms with van der Waals surface area (Å²) in [5.74, 6) is 0.786. The Morgan fingerprint density at radius 2 is 1.62 bits per heavy atom. The van der Waals surface area contributed by atoms with Crippen LogP contribution in [0.25, 0.3) is 0 Å². The van der Waals surface area contributed by atoms with Crippen molar-refractivity contribution in [3.63, 3.8) is 0 Å². The van der Waals surface area contributed by atoms with Gasteiger partial charge in [-0.25, -0.2) is 0 Å². The van der Waals surface area contributed by atoms with Gasteiger partial charge in [0.1, 0.15) is 0 Å². The summed E-state index contributed by atoms with van der Waals surface area (Å²) >= 11 is 0. The van der Waals surface area contributed by atoms with E-state index in [2.05, 4.69) is 19.2 Å². The first-order chi connectivity index (χ1) is 7.70. The summed E-state index contributed by atoms with van der Waals surface area (Å²) in [6, 6.07) is 0.604. The largest absolute Gasteiger partial charge is 0.381 e. The predicted octanol–water partition coefficient (Wildman–Crippen LogP) is 1.96. The minimum absolute atomic E-state index is 0.288. The Labute approximate surface area is 98.9 Å². The second kappa shape index (κ2) is 5.48. The Balaban J connectivity index is 1.82. The summed E-state index contributed by atoms with van der Waals surface area (Å²) in [5.41, 5.74) is 0.288. The van der Waals surface area contributed by atoms with Crippen molar-refractivity contribution in [2.75, 3.05) is 26.4 Å². The second-order valence-corrected chi connectivity index (χ2v) is 5.56. The van der Waals surface area contributed by atoms with Crippen molar-refractivity contribution in [2.24, 2.45) is 5.92 Å². The van der Waals surface area contributed by atoms with Gasteiger partial charge in [0.15, 0.2) is 0 Å². The van der Waals surface area contributed by atoms with Crippen LogP contribution in [0.1, 0.15) is 39.5 Å². The lowest BCUT2D eigenvalue weighted by Crippen LogP contribution is -2.53. The van der Waals surface area contributed by atoms with Gasteiger partial charge in [0.05, 0.1) is 0 Å². The van der Waals surface area contributed by atoms with E-state index in [0.717, 1.165) is 45.2 Å². The fourth-order valence-electron chi connectivity index (χ4n) is 2.85. The topological polar surface area (TPSA) is 30.5 Å². The van der Waals surface area contributed by atoms with E-state index in [-0.39, 0.29) is 5.54 Å². The van der Waals surface area contributed by atoms with E-state index in [1.165, 1.54) is 12.8 Å². The third-order valence-electron chi connectivity index (χ3n) is 4.15. The zero-order valence-corrected chi connectivity index (χ0v) is 10.6. The summed E-state index contributed by atoms with van der Waals surface area (Å²) in [4.78, 5) is 0. The fourth-order valence-corrected chi connectivity index (χ4v) is 2.85. The molecule has 1 atom stereocenters. The second-order valence-electron chi connectivity index (χ2n) is 5.56. The van der Waals surface area contributed by atoms with Gasteiger partial charge < -0.3 is 14.8 Å². The maximum atomic E-state index is 5.43. The summed E-state index contributed by atoms with van der Waals surface area (Å²) in [6.07, 6.45) is 4.70. The highest BCUT2D eigenvalue weighted by Crippen LogP contribution is 2.25. The Morgan fingerprint density at radius 1 is 1.06 bits per heavy atom. The lowest BCUT2D eigenvalue weighted by molar-refractivity contribution is 0.0230. The van der Waals surface area contributed by atoms with Crippen molar-refractivity contribution in [2.45, 2.75) is 51.1 Å². The van der Waals surface area contributed by atoms with Crippen LogP contribution >= 0.6 is 0 Å². The molecule has 0 aromatic heterocycles. The quantitative estimate of drug-likeness (QED) is 0.799. The Kier molecular flexibility index (Phi) is 4.22. The monoisotopic (exact) mass is 227 g/mol. The van der Waals surface area contributed by atoms with Crippen molar-refractivity contribution >= 4 is 0 Å². The Hall–Kier alpha value is -0.120. The molecule has 2 aliphatic rings. The van der Waals surface area contributed by atoms with Crippen molar-refractivity contribution in [1.82, 2.24) is 5.32 Å². The fraction of sp³-hybridized carbons (Fsp3) is 1.00. The number of nitrogens with one attached hydrogen (secondary N) is 1. The maximum Gasteiger partial charge on any atom is 0.0483 e. The molecule has 0 amide bonds. The summed E-state index contributed by atoms with van der Waals surface area (Å²) in [7, 11) is 0. The first-order valence-electron chi connectivity index (χ1n) is 6.63. The first-order valence-corrected chi connectivity index (χ1v) is 6.63. The molecule has 0 aromatic rings. The van der Waals surface area contributed by atoms with E-state index in [9.17, 15) is 0 Å². The molecule has 2 fully saturated rings. The van der Waals surface area contributed by atoms with E-state index >= 15 is 0 Å². The van der Waals surface area contributed by atoms with Gasteiger partial charge in [-0.15, -0.1) is 0 Å². The molecular formula is C13H25NO2. The lowest BCUT2D eigenvalue weighted by Gasteiger charge is -2.40. The van der Waals surface area contributed by atoms with E-state index < -0.39 is 0 Å². The number of rotatable bonds is 3. The van der Waals surface area contributed by atoms with Gasteiger partial charge in [0.25, 0.3) is 0 Å². The molecule has 0 aliphatic carbocycles. The standard InChI is InChI=1S/C13H25NO2/c1-11(12-3-7-15-8-4-12)14-13(2)5-9-16-10-6-13/h11-12,14H,3-10H2,1-2H3. The van der Waals surface area contributed by atoms with Crippen molar-refractivity contribution < 1.29 is 9.47 Å². The number of hydrogen-bond donors (Lipinski definition) is 1. The molecular weight excluding hydrogens is 202 g/mol. The van der Waals surface area contributed by atoms with Gasteiger partial charge in [-0.2, -0.15) is 0 Å². The molecule has 1 unspecified atom stereocenters. The van der Waals surface area contributed by atoms with Gasteiger partial charge in [-0.3, -0.25) is 0 Å². The highest BCUT2D eigenvalue weighted by atomic mass is 16.5. The molecule has 0 aromatic carbocycles. The molecule has 0 bridgehead atoms. The van der Waals surface area contributed by atoms with E-state index in [4.69, 9.17) is 9.47 Å². The molecule has 3 heteroatoms. The van der Waals surface area contributed by atoms with Crippen LogP contribution in [0.5, 0.6) is 0 Å². The molecule has 3 nitrogen and oxygen atoms in total. The normalized spacial score (nSPS) is 28.9. The van der Waals surface area contributed by atoms with Crippen LogP contribution in [0, 0.1) is 5.92 Å². The zero-order valence-electron chi connectivity index (χ0n) is 10.6. The van der Waals surface area contributed by atoms with Crippen LogP contribution < -0.4 is 5.32 Å². The van der Waals surface area contributed by atoms with Crippen LogP contribution in [-0.2, 0) is 9.47 Å².